The number of para-hydroxylation sites is 1. The molecule has 0 aliphatic carbocycles. The van der Waals surface area contributed by atoms with Gasteiger partial charge in [0.25, 0.3) is 0 Å². The molecule has 1 unspecified atom stereocenters. The van der Waals surface area contributed by atoms with Crippen molar-refractivity contribution in [1.82, 2.24) is 0 Å². The molecule has 0 bridgehead atoms. The van der Waals surface area contributed by atoms with Crippen molar-refractivity contribution in [3.05, 3.63) is 41.5 Å². The molecule has 98 valence electrons. The summed E-state index contributed by atoms with van der Waals surface area (Å²) in [5, 5.41) is 2.82. The molecule has 0 fully saturated rings. The van der Waals surface area contributed by atoms with Crippen LogP contribution in [0.3, 0.4) is 0 Å². The van der Waals surface area contributed by atoms with Crippen LogP contribution in [0.1, 0.15) is 37.8 Å². The minimum Gasteiger partial charge on any atom is -0.450 e. The third-order valence-electron chi connectivity index (χ3n) is 2.78. The van der Waals surface area contributed by atoms with E-state index in [0.29, 0.717) is 6.61 Å². The number of carbonyl (C=O) groups excluding carboxylic acids is 1. The lowest BCUT2D eigenvalue weighted by atomic mass is 9.96. The SMILES string of the molecule is C/C=C/C(C)c1cccc(C)c1NC(=O)OCC. The number of allylic oxidation sites excluding steroid dienone is 2. The van der Waals surface area contributed by atoms with Crippen molar-refractivity contribution in [2.45, 2.75) is 33.6 Å². The molecule has 1 amide bonds. The summed E-state index contributed by atoms with van der Waals surface area (Å²) in [4.78, 5) is 11.5. The molecule has 3 nitrogen and oxygen atoms in total. The first-order valence-electron chi connectivity index (χ1n) is 6.26. The summed E-state index contributed by atoms with van der Waals surface area (Å²) >= 11 is 0. The Morgan fingerprint density at radius 1 is 1.50 bits per heavy atom. The Bertz CT molecular complexity index is 438. The number of ether oxygens (including phenoxy) is 1. The van der Waals surface area contributed by atoms with Crippen LogP contribution in [0.5, 0.6) is 0 Å². The van der Waals surface area contributed by atoms with Gasteiger partial charge < -0.3 is 4.74 Å². The second kappa shape index (κ2) is 6.84. The molecule has 18 heavy (non-hydrogen) atoms. The van der Waals surface area contributed by atoms with Gasteiger partial charge in [-0.15, -0.1) is 0 Å². The van der Waals surface area contributed by atoms with Gasteiger partial charge in [-0.2, -0.15) is 0 Å². The monoisotopic (exact) mass is 247 g/mol. The second-order valence-corrected chi connectivity index (χ2v) is 4.20. The Kier molecular flexibility index (Phi) is 5.43. The molecule has 0 spiro atoms. The van der Waals surface area contributed by atoms with Crippen molar-refractivity contribution in [2.75, 3.05) is 11.9 Å². The van der Waals surface area contributed by atoms with Crippen molar-refractivity contribution in [3.8, 4) is 0 Å². The van der Waals surface area contributed by atoms with Gasteiger partial charge in [-0.25, -0.2) is 4.79 Å². The molecule has 1 atom stereocenters. The first kappa shape index (κ1) is 14.3. The zero-order chi connectivity index (χ0) is 13.5. The summed E-state index contributed by atoms with van der Waals surface area (Å²) in [6.07, 6.45) is 3.72. The van der Waals surface area contributed by atoms with E-state index in [1.165, 1.54) is 0 Å². The molecule has 1 aromatic rings. The highest BCUT2D eigenvalue weighted by Gasteiger charge is 2.13. The van der Waals surface area contributed by atoms with Crippen molar-refractivity contribution < 1.29 is 9.53 Å². The minimum absolute atomic E-state index is 0.256. The largest absolute Gasteiger partial charge is 0.450 e. The fourth-order valence-corrected chi connectivity index (χ4v) is 1.90. The quantitative estimate of drug-likeness (QED) is 0.808. The molecule has 1 rings (SSSR count). The highest BCUT2D eigenvalue weighted by atomic mass is 16.5. The van der Waals surface area contributed by atoms with Gasteiger partial charge in [-0.3, -0.25) is 5.32 Å². The van der Waals surface area contributed by atoms with E-state index in [-0.39, 0.29) is 5.92 Å². The maximum absolute atomic E-state index is 11.5. The minimum atomic E-state index is -0.402. The molecule has 0 aliphatic heterocycles. The number of rotatable bonds is 4. The Morgan fingerprint density at radius 3 is 2.83 bits per heavy atom. The van der Waals surface area contributed by atoms with E-state index in [2.05, 4.69) is 18.3 Å². The van der Waals surface area contributed by atoms with Gasteiger partial charge in [0.15, 0.2) is 0 Å². The number of hydrogen-bond acceptors (Lipinski definition) is 2. The van der Waals surface area contributed by atoms with E-state index in [0.717, 1.165) is 16.8 Å². The van der Waals surface area contributed by atoms with Crippen LogP contribution in [0.2, 0.25) is 0 Å². The third-order valence-corrected chi connectivity index (χ3v) is 2.78. The Labute approximate surface area is 109 Å². The van der Waals surface area contributed by atoms with Crippen LogP contribution >= 0.6 is 0 Å². The van der Waals surface area contributed by atoms with Crippen LogP contribution in [-0.2, 0) is 4.74 Å². The number of aryl methyl sites for hydroxylation is 1. The molecule has 1 aromatic carbocycles. The van der Waals surface area contributed by atoms with E-state index in [1.807, 2.05) is 38.1 Å². The molecule has 3 heteroatoms. The van der Waals surface area contributed by atoms with Crippen LogP contribution in [0, 0.1) is 6.92 Å². The van der Waals surface area contributed by atoms with E-state index in [9.17, 15) is 4.79 Å². The van der Waals surface area contributed by atoms with Crippen LogP contribution in [0.25, 0.3) is 0 Å². The van der Waals surface area contributed by atoms with E-state index >= 15 is 0 Å². The second-order valence-electron chi connectivity index (χ2n) is 4.20. The summed E-state index contributed by atoms with van der Waals surface area (Å²) in [5.74, 6) is 0.256. The summed E-state index contributed by atoms with van der Waals surface area (Å²) in [6, 6.07) is 6.01. The van der Waals surface area contributed by atoms with E-state index in [1.54, 1.807) is 6.92 Å². The molecular formula is C15H21NO2. The fourth-order valence-electron chi connectivity index (χ4n) is 1.90. The van der Waals surface area contributed by atoms with Crippen molar-refractivity contribution in [1.29, 1.82) is 0 Å². The molecule has 0 radical (unpaired) electrons. The fraction of sp³-hybridized carbons (Fsp3) is 0.400. The summed E-state index contributed by atoms with van der Waals surface area (Å²) in [6.45, 7) is 8.24. The van der Waals surface area contributed by atoms with Gasteiger partial charge in [0.05, 0.1) is 12.3 Å². The van der Waals surface area contributed by atoms with Crippen LogP contribution in [-0.4, -0.2) is 12.7 Å². The molecular weight excluding hydrogens is 226 g/mol. The van der Waals surface area contributed by atoms with Gasteiger partial charge in [0, 0.05) is 5.92 Å². The smallest absolute Gasteiger partial charge is 0.411 e. The summed E-state index contributed by atoms with van der Waals surface area (Å²) in [5.41, 5.74) is 2.99. The lowest BCUT2D eigenvalue weighted by Gasteiger charge is -2.16. The number of benzene rings is 1. The van der Waals surface area contributed by atoms with E-state index in [4.69, 9.17) is 4.74 Å². The number of anilines is 1. The standard InChI is InChI=1S/C15H21NO2/c1-5-8-11(3)13-10-7-9-12(4)14(13)16-15(17)18-6-2/h5,7-11H,6H2,1-4H3,(H,16,17)/b8-5+. The number of amides is 1. The predicted molar refractivity (Wildman–Crippen MR) is 75.1 cm³/mol. The van der Waals surface area contributed by atoms with E-state index < -0.39 is 6.09 Å². The highest BCUT2D eigenvalue weighted by molar-refractivity contribution is 5.87. The number of carbonyl (C=O) groups is 1. The first-order chi connectivity index (χ1) is 8.60. The Morgan fingerprint density at radius 2 is 2.22 bits per heavy atom. The Balaban J connectivity index is 3.04. The summed E-state index contributed by atoms with van der Waals surface area (Å²) < 4.78 is 4.93. The number of hydrogen-bond donors (Lipinski definition) is 1. The zero-order valence-electron chi connectivity index (χ0n) is 11.5. The molecule has 1 N–H and O–H groups in total. The lowest BCUT2D eigenvalue weighted by molar-refractivity contribution is 0.168. The van der Waals surface area contributed by atoms with Crippen molar-refractivity contribution in [3.63, 3.8) is 0 Å². The average Bonchev–Trinajstić information content (AvgIpc) is 2.32. The normalized spacial score (nSPS) is 12.4. The molecule has 0 aromatic heterocycles. The zero-order valence-corrected chi connectivity index (χ0v) is 11.5. The van der Waals surface area contributed by atoms with Crippen LogP contribution in [0.15, 0.2) is 30.4 Å². The first-order valence-corrected chi connectivity index (χ1v) is 6.26. The van der Waals surface area contributed by atoms with Gasteiger partial charge in [-0.05, 0) is 31.9 Å². The number of nitrogens with one attached hydrogen (secondary N) is 1. The molecule has 0 aliphatic rings. The molecule has 0 saturated carbocycles. The van der Waals surface area contributed by atoms with Crippen molar-refractivity contribution >= 4 is 11.8 Å². The molecule has 0 saturated heterocycles. The lowest BCUT2D eigenvalue weighted by Crippen LogP contribution is -2.16. The maximum Gasteiger partial charge on any atom is 0.411 e. The van der Waals surface area contributed by atoms with Crippen LogP contribution in [0.4, 0.5) is 10.5 Å². The van der Waals surface area contributed by atoms with Crippen LogP contribution < -0.4 is 5.32 Å². The Hall–Kier alpha value is -1.77. The predicted octanol–water partition coefficient (Wildman–Crippen LogP) is 4.24. The molecule has 0 heterocycles. The van der Waals surface area contributed by atoms with Crippen molar-refractivity contribution in [2.24, 2.45) is 0 Å². The van der Waals surface area contributed by atoms with Gasteiger partial charge in [0.1, 0.15) is 0 Å². The topological polar surface area (TPSA) is 38.3 Å². The van der Waals surface area contributed by atoms with Gasteiger partial charge in [-0.1, -0.05) is 37.3 Å². The summed E-state index contributed by atoms with van der Waals surface area (Å²) in [7, 11) is 0. The maximum atomic E-state index is 11.5. The van der Waals surface area contributed by atoms with Gasteiger partial charge in [0.2, 0.25) is 0 Å². The third kappa shape index (κ3) is 3.62. The average molecular weight is 247 g/mol. The van der Waals surface area contributed by atoms with Gasteiger partial charge >= 0.3 is 6.09 Å². The highest BCUT2D eigenvalue weighted by Crippen LogP contribution is 2.28.